The van der Waals surface area contributed by atoms with Crippen LogP contribution in [-0.2, 0) is 17.9 Å². The van der Waals surface area contributed by atoms with Gasteiger partial charge in [-0.2, -0.15) is 4.98 Å². The predicted octanol–water partition coefficient (Wildman–Crippen LogP) is 4.66. The van der Waals surface area contributed by atoms with Crippen LogP contribution in [0.3, 0.4) is 0 Å². The van der Waals surface area contributed by atoms with Gasteiger partial charge in [0.05, 0.1) is 30.7 Å². The number of nitrogens with zero attached hydrogens (tertiary/aromatic N) is 4. The first-order chi connectivity index (χ1) is 13.7. The largest absolute Gasteiger partial charge is 0.365 e. The maximum absolute atomic E-state index is 14.0. The summed E-state index contributed by atoms with van der Waals surface area (Å²) in [6.45, 7) is 0.892. The first-order valence-corrected chi connectivity index (χ1v) is 9.07. The van der Waals surface area contributed by atoms with E-state index in [0.717, 1.165) is 11.3 Å². The van der Waals surface area contributed by atoms with Crippen LogP contribution in [0.2, 0.25) is 5.02 Å². The van der Waals surface area contributed by atoms with E-state index in [0.29, 0.717) is 23.9 Å². The highest BCUT2D eigenvalue weighted by Gasteiger charge is 2.27. The molecule has 5 rings (SSSR count). The molecule has 0 saturated heterocycles. The fraction of sp³-hybridized carbons (Fsp3) is 0.150. The maximum atomic E-state index is 14.0. The van der Waals surface area contributed by atoms with Crippen molar-refractivity contribution in [1.82, 2.24) is 19.7 Å². The van der Waals surface area contributed by atoms with Crippen LogP contribution in [0.1, 0.15) is 17.4 Å². The van der Waals surface area contributed by atoms with Crippen LogP contribution in [0.25, 0.3) is 23.0 Å². The molecule has 28 heavy (non-hydrogen) atoms. The van der Waals surface area contributed by atoms with E-state index in [-0.39, 0.29) is 23.4 Å². The molecule has 0 amide bonds. The van der Waals surface area contributed by atoms with Crippen LogP contribution < -0.4 is 0 Å². The lowest BCUT2D eigenvalue weighted by Gasteiger charge is -2.26. The second kappa shape index (κ2) is 6.85. The van der Waals surface area contributed by atoms with Crippen molar-refractivity contribution in [3.05, 3.63) is 77.0 Å². The molecular weight excluding hydrogens is 383 g/mol. The molecule has 140 valence electrons. The van der Waals surface area contributed by atoms with Gasteiger partial charge in [0.25, 0.3) is 5.89 Å². The molecule has 1 aliphatic rings. The minimum absolute atomic E-state index is 0.167. The van der Waals surface area contributed by atoms with Gasteiger partial charge in [-0.05, 0) is 18.2 Å². The van der Waals surface area contributed by atoms with Crippen LogP contribution in [0, 0.1) is 5.82 Å². The minimum Gasteiger partial charge on any atom is -0.365 e. The molecule has 0 bridgehead atoms. The Kier molecular flexibility index (Phi) is 4.18. The van der Waals surface area contributed by atoms with Gasteiger partial charge in [-0.25, -0.2) is 9.37 Å². The Hall–Kier alpha value is -3.03. The molecule has 0 fully saturated rings. The number of hydrogen-bond donors (Lipinski definition) is 0. The molecule has 2 aromatic carbocycles. The molecule has 1 aliphatic heterocycles. The Labute approximate surface area is 164 Å². The van der Waals surface area contributed by atoms with Crippen molar-refractivity contribution < 1.29 is 13.7 Å². The van der Waals surface area contributed by atoms with Gasteiger partial charge < -0.3 is 13.8 Å². The first-order valence-electron chi connectivity index (χ1n) is 8.69. The Morgan fingerprint density at radius 2 is 1.93 bits per heavy atom. The number of fused-ring (bicyclic) bond motifs is 1. The number of halogens is 2. The molecule has 0 spiro atoms. The number of imidazole rings is 1. The summed E-state index contributed by atoms with van der Waals surface area (Å²) in [5, 5.41) is 4.56. The van der Waals surface area contributed by atoms with E-state index in [1.54, 1.807) is 24.5 Å². The lowest BCUT2D eigenvalue weighted by atomic mass is 10.1. The zero-order valence-electron chi connectivity index (χ0n) is 14.5. The summed E-state index contributed by atoms with van der Waals surface area (Å²) in [6.07, 6.45) is 1.55. The van der Waals surface area contributed by atoms with Crippen molar-refractivity contribution >= 4 is 11.6 Å². The third kappa shape index (κ3) is 2.89. The van der Waals surface area contributed by atoms with Crippen LogP contribution >= 0.6 is 11.6 Å². The van der Waals surface area contributed by atoms with Crippen molar-refractivity contribution in [3.8, 4) is 23.0 Å². The van der Waals surface area contributed by atoms with Gasteiger partial charge in [-0.3, -0.25) is 0 Å². The van der Waals surface area contributed by atoms with Crippen LogP contribution in [0.15, 0.2) is 59.4 Å². The zero-order valence-corrected chi connectivity index (χ0v) is 15.3. The monoisotopic (exact) mass is 396 g/mol. The zero-order chi connectivity index (χ0) is 19.1. The lowest BCUT2D eigenvalue weighted by Crippen LogP contribution is -2.20. The van der Waals surface area contributed by atoms with Crippen molar-refractivity contribution in [2.24, 2.45) is 0 Å². The topological polar surface area (TPSA) is 66.0 Å². The minimum atomic E-state index is -0.410. The normalized spacial score (nSPS) is 16.1. The van der Waals surface area contributed by atoms with E-state index >= 15 is 0 Å². The van der Waals surface area contributed by atoms with Gasteiger partial charge in [0.2, 0.25) is 5.82 Å². The Bertz CT molecular complexity index is 1160. The third-order valence-corrected chi connectivity index (χ3v) is 5.07. The maximum Gasteiger partial charge on any atom is 0.278 e. The van der Waals surface area contributed by atoms with Crippen molar-refractivity contribution in [1.29, 1.82) is 0 Å². The SMILES string of the molecule is Fc1ccccc1-c1noc(-c2ncn3c2CO[C@@H](c2ccccc2Cl)C3)n1. The Morgan fingerprint density at radius 3 is 2.79 bits per heavy atom. The molecule has 8 heteroatoms. The molecule has 4 aromatic rings. The summed E-state index contributed by atoms with van der Waals surface area (Å²) in [4.78, 5) is 8.72. The molecule has 0 N–H and O–H groups in total. The van der Waals surface area contributed by atoms with Crippen molar-refractivity contribution in [2.75, 3.05) is 0 Å². The molecule has 0 aliphatic carbocycles. The smallest absolute Gasteiger partial charge is 0.278 e. The first kappa shape index (κ1) is 17.1. The van der Waals surface area contributed by atoms with E-state index in [2.05, 4.69) is 15.1 Å². The van der Waals surface area contributed by atoms with E-state index in [9.17, 15) is 4.39 Å². The number of rotatable bonds is 3. The summed E-state index contributed by atoms with van der Waals surface area (Å²) in [5.41, 5.74) is 2.57. The standard InChI is InChI=1S/C20H14ClFN4O2/c21-14-7-3-1-5-12(14)17-9-26-11-23-18(16(26)10-27-17)20-24-19(25-28-20)13-6-2-4-8-15(13)22/h1-8,11,17H,9-10H2/t17-/m1/s1. The summed E-state index contributed by atoms with van der Waals surface area (Å²) in [5.74, 6) is -0.0000441. The molecular formula is C20H14ClFN4O2. The summed E-state index contributed by atoms with van der Waals surface area (Å²) < 4.78 is 27.3. The molecule has 0 saturated carbocycles. The fourth-order valence-electron chi connectivity index (χ4n) is 3.30. The van der Waals surface area contributed by atoms with E-state index in [1.807, 2.05) is 28.8 Å². The Morgan fingerprint density at radius 1 is 1.11 bits per heavy atom. The number of benzene rings is 2. The second-order valence-electron chi connectivity index (χ2n) is 6.42. The summed E-state index contributed by atoms with van der Waals surface area (Å²) in [6, 6.07) is 13.9. The van der Waals surface area contributed by atoms with E-state index < -0.39 is 5.82 Å². The fourth-order valence-corrected chi connectivity index (χ4v) is 3.56. The summed E-state index contributed by atoms with van der Waals surface area (Å²) in [7, 11) is 0. The van der Waals surface area contributed by atoms with Gasteiger partial charge in [0, 0.05) is 10.6 Å². The number of hydrogen-bond acceptors (Lipinski definition) is 5. The molecule has 1 atom stereocenters. The van der Waals surface area contributed by atoms with Crippen LogP contribution in [-0.4, -0.2) is 19.7 Å². The number of ether oxygens (including phenoxy) is 1. The third-order valence-electron chi connectivity index (χ3n) is 4.73. The molecule has 2 aromatic heterocycles. The quantitative estimate of drug-likeness (QED) is 0.503. The van der Waals surface area contributed by atoms with Crippen molar-refractivity contribution in [2.45, 2.75) is 19.3 Å². The second-order valence-corrected chi connectivity index (χ2v) is 6.82. The summed E-state index contributed by atoms with van der Waals surface area (Å²) >= 11 is 6.29. The van der Waals surface area contributed by atoms with Crippen LogP contribution in [0.5, 0.6) is 0 Å². The van der Waals surface area contributed by atoms with Gasteiger partial charge in [0.15, 0.2) is 5.69 Å². The number of aromatic nitrogens is 4. The van der Waals surface area contributed by atoms with Gasteiger partial charge in [-0.1, -0.05) is 47.1 Å². The molecule has 6 nitrogen and oxygen atoms in total. The van der Waals surface area contributed by atoms with E-state index in [1.165, 1.54) is 6.07 Å². The van der Waals surface area contributed by atoms with Crippen LogP contribution in [0.4, 0.5) is 4.39 Å². The molecule has 0 radical (unpaired) electrons. The average molecular weight is 397 g/mol. The van der Waals surface area contributed by atoms with Gasteiger partial charge in [0.1, 0.15) is 11.9 Å². The average Bonchev–Trinajstić information content (AvgIpc) is 3.35. The van der Waals surface area contributed by atoms with Crippen molar-refractivity contribution in [3.63, 3.8) is 0 Å². The Balaban J connectivity index is 1.45. The molecule has 0 unspecified atom stereocenters. The van der Waals surface area contributed by atoms with Gasteiger partial charge in [-0.15, -0.1) is 0 Å². The molecule has 3 heterocycles. The predicted molar refractivity (Wildman–Crippen MR) is 99.9 cm³/mol. The van der Waals surface area contributed by atoms with Gasteiger partial charge >= 0.3 is 0 Å². The highest BCUT2D eigenvalue weighted by molar-refractivity contribution is 6.31. The van der Waals surface area contributed by atoms with E-state index in [4.69, 9.17) is 20.9 Å². The highest BCUT2D eigenvalue weighted by Crippen LogP contribution is 2.34. The lowest BCUT2D eigenvalue weighted by molar-refractivity contribution is 0.00336. The highest BCUT2D eigenvalue weighted by atomic mass is 35.5.